The summed E-state index contributed by atoms with van der Waals surface area (Å²) >= 11 is 0. The third-order valence-corrected chi connectivity index (χ3v) is 3.70. The highest BCUT2D eigenvalue weighted by Crippen LogP contribution is 2.32. The van der Waals surface area contributed by atoms with E-state index in [-0.39, 0.29) is 0 Å². The molecule has 4 heteroatoms. The summed E-state index contributed by atoms with van der Waals surface area (Å²) in [6.45, 7) is 2.65. The summed E-state index contributed by atoms with van der Waals surface area (Å²) in [5.74, 6) is 1.58. The normalized spacial score (nSPS) is 17.8. The molecule has 1 aromatic heterocycles. The predicted molar refractivity (Wildman–Crippen MR) is 74.2 cm³/mol. The molecule has 1 aliphatic rings. The van der Waals surface area contributed by atoms with Crippen LogP contribution in [0.1, 0.15) is 23.6 Å². The number of imidazole rings is 1. The van der Waals surface area contributed by atoms with Crippen molar-refractivity contribution in [2.45, 2.75) is 18.9 Å². The number of para-hydroxylation sites is 1. The van der Waals surface area contributed by atoms with Gasteiger partial charge in [-0.1, -0.05) is 18.2 Å². The highest BCUT2D eigenvalue weighted by molar-refractivity contribution is 5.37. The second kappa shape index (κ2) is 5.45. The van der Waals surface area contributed by atoms with Gasteiger partial charge in [0.05, 0.1) is 18.6 Å². The Morgan fingerprint density at radius 2 is 2.32 bits per heavy atom. The van der Waals surface area contributed by atoms with E-state index in [0.717, 1.165) is 31.9 Å². The minimum atomic E-state index is 0.540. The Hall–Kier alpha value is -1.81. The lowest BCUT2D eigenvalue weighted by molar-refractivity contribution is 0.264. The zero-order valence-corrected chi connectivity index (χ0v) is 11.2. The molecule has 0 unspecified atom stereocenters. The topological polar surface area (TPSA) is 39.1 Å². The average molecular weight is 257 g/mol. The molecule has 19 heavy (non-hydrogen) atoms. The summed E-state index contributed by atoms with van der Waals surface area (Å²) in [5.41, 5.74) is 2.53. The molecule has 0 saturated carbocycles. The molecule has 0 fully saturated rings. The van der Waals surface area contributed by atoms with Crippen LogP contribution in [0.15, 0.2) is 36.8 Å². The van der Waals surface area contributed by atoms with Gasteiger partial charge in [-0.25, -0.2) is 4.98 Å². The molecule has 100 valence electrons. The molecule has 1 aliphatic heterocycles. The van der Waals surface area contributed by atoms with Gasteiger partial charge in [0.15, 0.2) is 0 Å². The van der Waals surface area contributed by atoms with Crippen LogP contribution in [-0.4, -0.2) is 22.7 Å². The van der Waals surface area contributed by atoms with Crippen LogP contribution in [0.3, 0.4) is 0 Å². The molecular formula is C15H19N3O. The van der Waals surface area contributed by atoms with Gasteiger partial charge in [0.2, 0.25) is 0 Å². The van der Waals surface area contributed by atoms with E-state index in [1.54, 1.807) is 0 Å². The third kappa shape index (κ3) is 2.63. The summed E-state index contributed by atoms with van der Waals surface area (Å²) in [5, 5.41) is 3.52. The molecule has 2 aromatic rings. The molecule has 0 saturated heterocycles. The van der Waals surface area contributed by atoms with E-state index in [9.17, 15) is 0 Å². The SMILES string of the molecule is Cn1cncc1CNC[C@@H]1CCOc2ccccc21. The first-order valence-corrected chi connectivity index (χ1v) is 6.72. The van der Waals surface area contributed by atoms with Gasteiger partial charge in [-0.3, -0.25) is 0 Å². The molecule has 0 aliphatic carbocycles. The predicted octanol–water partition coefficient (Wildman–Crippen LogP) is 2.08. The second-order valence-corrected chi connectivity index (χ2v) is 5.00. The Bertz CT molecular complexity index is 550. The zero-order valence-electron chi connectivity index (χ0n) is 11.2. The average Bonchev–Trinajstić information content (AvgIpc) is 2.85. The van der Waals surface area contributed by atoms with Crippen LogP contribution < -0.4 is 10.1 Å². The number of ether oxygens (including phenoxy) is 1. The van der Waals surface area contributed by atoms with E-state index in [1.807, 2.05) is 30.2 Å². The molecule has 1 aromatic carbocycles. The van der Waals surface area contributed by atoms with Gasteiger partial charge < -0.3 is 14.6 Å². The van der Waals surface area contributed by atoms with Gasteiger partial charge in [0.25, 0.3) is 0 Å². The Kier molecular flexibility index (Phi) is 3.51. The Morgan fingerprint density at radius 1 is 1.42 bits per heavy atom. The summed E-state index contributed by atoms with van der Waals surface area (Å²) in [6, 6.07) is 8.35. The van der Waals surface area contributed by atoms with Crippen LogP contribution >= 0.6 is 0 Å². The van der Waals surface area contributed by atoms with Crippen molar-refractivity contribution < 1.29 is 4.74 Å². The molecule has 0 bridgehead atoms. The van der Waals surface area contributed by atoms with E-state index < -0.39 is 0 Å². The van der Waals surface area contributed by atoms with Gasteiger partial charge in [-0.15, -0.1) is 0 Å². The van der Waals surface area contributed by atoms with E-state index in [4.69, 9.17) is 4.74 Å². The molecule has 3 rings (SSSR count). The van der Waals surface area contributed by atoms with Gasteiger partial charge in [-0.05, 0) is 18.1 Å². The monoisotopic (exact) mass is 257 g/mol. The van der Waals surface area contributed by atoms with Crippen LogP contribution in [0, 0.1) is 0 Å². The van der Waals surface area contributed by atoms with Crippen molar-refractivity contribution in [3.8, 4) is 5.75 Å². The molecule has 0 radical (unpaired) electrons. The fraction of sp³-hybridized carbons (Fsp3) is 0.400. The molecule has 0 amide bonds. The van der Waals surface area contributed by atoms with Crippen LogP contribution in [0.5, 0.6) is 5.75 Å². The van der Waals surface area contributed by atoms with Crippen molar-refractivity contribution in [3.63, 3.8) is 0 Å². The summed E-state index contributed by atoms with van der Waals surface area (Å²) in [7, 11) is 2.02. The van der Waals surface area contributed by atoms with Crippen molar-refractivity contribution in [2.24, 2.45) is 7.05 Å². The first-order chi connectivity index (χ1) is 9.34. The van der Waals surface area contributed by atoms with E-state index in [1.165, 1.54) is 11.3 Å². The third-order valence-electron chi connectivity index (χ3n) is 3.70. The van der Waals surface area contributed by atoms with Crippen molar-refractivity contribution in [3.05, 3.63) is 48.0 Å². The van der Waals surface area contributed by atoms with Crippen LogP contribution in [0.2, 0.25) is 0 Å². The molecule has 2 heterocycles. The van der Waals surface area contributed by atoms with Crippen molar-refractivity contribution in [1.29, 1.82) is 0 Å². The highest BCUT2D eigenvalue weighted by Gasteiger charge is 2.20. The maximum atomic E-state index is 5.68. The Morgan fingerprint density at radius 3 is 3.16 bits per heavy atom. The van der Waals surface area contributed by atoms with Crippen LogP contribution in [0.4, 0.5) is 0 Å². The van der Waals surface area contributed by atoms with E-state index in [2.05, 4.69) is 28.5 Å². The second-order valence-electron chi connectivity index (χ2n) is 5.00. The van der Waals surface area contributed by atoms with E-state index in [0.29, 0.717) is 5.92 Å². The van der Waals surface area contributed by atoms with Crippen LogP contribution in [0.25, 0.3) is 0 Å². The maximum Gasteiger partial charge on any atom is 0.122 e. The number of aromatic nitrogens is 2. The zero-order chi connectivity index (χ0) is 13.1. The summed E-state index contributed by atoms with van der Waals surface area (Å²) in [6.07, 6.45) is 4.82. The fourth-order valence-electron chi connectivity index (χ4n) is 2.56. The lowest BCUT2D eigenvalue weighted by Gasteiger charge is -2.26. The maximum absolute atomic E-state index is 5.68. The number of hydrogen-bond donors (Lipinski definition) is 1. The first-order valence-electron chi connectivity index (χ1n) is 6.72. The molecule has 4 nitrogen and oxygen atoms in total. The number of rotatable bonds is 4. The quantitative estimate of drug-likeness (QED) is 0.911. The Balaban J connectivity index is 1.61. The molecule has 0 spiro atoms. The summed E-state index contributed by atoms with van der Waals surface area (Å²) in [4.78, 5) is 4.13. The highest BCUT2D eigenvalue weighted by atomic mass is 16.5. The number of nitrogens with one attached hydrogen (secondary N) is 1. The Labute approximate surface area is 113 Å². The van der Waals surface area contributed by atoms with Gasteiger partial charge in [0, 0.05) is 32.3 Å². The standard InChI is InChI=1S/C15H19N3O/c1-18-11-17-10-13(18)9-16-8-12-6-7-19-15-5-3-2-4-14(12)15/h2-5,10-12,16H,6-9H2,1H3/t12-/m0/s1. The largest absolute Gasteiger partial charge is 0.493 e. The smallest absolute Gasteiger partial charge is 0.122 e. The number of fused-ring (bicyclic) bond motifs is 1. The lowest BCUT2D eigenvalue weighted by Crippen LogP contribution is -2.26. The van der Waals surface area contributed by atoms with Crippen molar-refractivity contribution >= 4 is 0 Å². The summed E-state index contributed by atoms with van der Waals surface area (Å²) < 4.78 is 7.73. The molecule has 1 atom stereocenters. The number of nitrogens with zero attached hydrogens (tertiary/aromatic N) is 2. The number of hydrogen-bond acceptors (Lipinski definition) is 3. The van der Waals surface area contributed by atoms with E-state index >= 15 is 0 Å². The number of benzene rings is 1. The van der Waals surface area contributed by atoms with Crippen molar-refractivity contribution in [2.75, 3.05) is 13.2 Å². The van der Waals surface area contributed by atoms with Gasteiger partial charge >= 0.3 is 0 Å². The minimum Gasteiger partial charge on any atom is -0.493 e. The first kappa shape index (κ1) is 12.2. The van der Waals surface area contributed by atoms with Gasteiger partial charge in [0.1, 0.15) is 5.75 Å². The lowest BCUT2D eigenvalue weighted by atomic mass is 9.93. The fourth-order valence-corrected chi connectivity index (χ4v) is 2.56. The van der Waals surface area contributed by atoms with Gasteiger partial charge in [-0.2, -0.15) is 0 Å². The number of aryl methyl sites for hydroxylation is 1. The molecule has 1 N–H and O–H groups in total. The van der Waals surface area contributed by atoms with Crippen molar-refractivity contribution in [1.82, 2.24) is 14.9 Å². The minimum absolute atomic E-state index is 0.540. The van der Waals surface area contributed by atoms with Crippen LogP contribution in [-0.2, 0) is 13.6 Å². The molecular weight excluding hydrogens is 238 g/mol.